The molecule has 0 radical (unpaired) electrons. The third kappa shape index (κ3) is 2.69. The third-order valence-electron chi connectivity index (χ3n) is 1.80. The minimum Gasteiger partial charge on any atom is -0.493 e. The van der Waals surface area contributed by atoms with Crippen molar-refractivity contribution in [2.45, 2.75) is 0 Å². The highest BCUT2D eigenvalue weighted by Crippen LogP contribution is 2.36. The van der Waals surface area contributed by atoms with E-state index in [2.05, 4.69) is 15.0 Å². The Kier molecular flexibility index (Phi) is 4.26. The molecule has 0 aliphatic carbocycles. The molecule has 0 fully saturated rings. The van der Waals surface area contributed by atoms with Crippen LogP contribution in [0.4, 0.5) is 10.5 Å². The van der Waals surface area contributed by atoms with Gasteiger partial charge in [-0.05, 0) is 12.1 Å². The van der Waals surface area contributed by atoms with Crippen LogP contribution in [0.1, 0.15) is 0 Å². The summed E-state index contributed by atoms with van der Waals surface area (Å²) < 4.78 is 14.5. The molecular weight excluding hydrogens is 212 g/mol. The van der Waals surface area contributed by atoms with Crippen molar-refractivity contribution in [2.75, 3.05) is 21.3 Å². The van der Waals surface area contributed by atoms with Crippen molar-refractivity contribution in [3.05, 3.63) is 18.2 Å². The molecule has 0 N–H and O–H groups in total. The molecule has 1 aromatic rings. The van der Waals surface area contributed by atoms with Gasteiger partial charge in [-0.2, -0.15) is 0 Å². The first-order valence-corrected chi connectivity index (χ1v) is 4.43. The molecule has 0 atom stereocenters. The Bertz CT molecular complexity index is 404. The number of amides is 1. The van der Waals surface area contributed by atoms with Crippen molar-refractivity contribution < 1.29 is 19.0 Å². The average Bonchev–Trinajstić information content (AvgIpc) is 2.34. The predicted molar refractivity (Wildman–Crippen MR) is 56.5 cm³/mol. The minimum atomic E-state index is -0.773. The fourth-order valence-corrected chi connectivity index (χ4v) is 1.08. The topological polar surface area (TPSA) is 69.5 Å². The highest BCUT2D eigenvalue weighted by atomic mass is 16.5. The first kappa shape index (κ1) is 12.0. The number of carbonyl (C=O) groups is 1. The minimum absolute atomic E-state index is 0.396. The van der Waals surface area contributed by atoms with Crippen LogP contribution in [0.15, 0.2) is 28.4 Å². The molecular formula is C10H12N2O4. The molecule has 0 heterocycles. The molecule has 1 aromatic carbocycles. The van der Waals surface area contributed by atoms with E-state index in [1.54, 1.807) is 18.2 Å². The Morgan fingerprint density at radius 2 is 1.94 bits per heavy atom. The summed E-state index contributed by atoms with van der Waals surface area (Å²) in [6.45, 7) is 0. The quantitative estimate of drug-likeness (QED) is 0.740. The maximum Gasteiger partial charge on any atom is 0.452 e. The number of benzene rings is 1. The molecule has 16 heavy (non-hydrogen) atoms. The first-order chi connectivity index (χ1) is 7.72. The molecule has 0 unspecified atom stereocenters. The van der Waals surface area contributed by atoms with Gasteiger partial charge in [-0.15, -0.1) is 5.11 Å². The van der Waals surface area contributed by atoms with Crippen LogP contribution in [0.25, 0.3) is 0 Å². The van der Waals surface area contributed by atoms with Gasteiger partial charge < -0.3 is 14.2 Å². The maximum absolute atomic E-state index is 10.8. The van der Waals surface area contributed by atoms with Gasteiger partial charge in [0, 0.05) is 0 Å². The van der Waals surface area contributed by atoms with Crippen LogP contribution in [0.2, 0.25) is 0 Å². The fraction of sp³-hybridized carbons (Fsp3) is 0.300. The molecule has 6 nitrogen and oxygen atoms in total. The smallest absolute Gasteiger partial charge is 0.452 e. The third-order valence-corrected chi connectivity index (χ3v) is 1.80. The van der Waals surface area contributed by atoms with Crippen molar-refractivity contribution in [3.63, 3.8) is 0 Å². The highest BCUT2D eigenvalue weighted by molar-refractivity contribution is 5.68. The number of para-hydroxylation sites is 1. The van der Waals surface area contributed by atoms with E-state index in [0.29, 0.717) is 17.2 Å². The van der Waals surface area contributed by atoms with Crippen molar-refractivity contribution in [1.82, 2.24) is 0 Å². The summed E-state index contributed by atoms with van der Waals surface area (Å²) in [5, 5.41) is 7.03. The molecule has 0 aromatic heterocycles. The van der Waals surface area contributed by atoms with E-state index < -0.39 is 6.09 Å². The molecule has 6 heteroatoms. The molecule has 0 spiro atoms. The average molecular weight is 224 g/mol. The molecule has 0 bridgehead atoms. The van der Waals surface area contributed by atoms with E-state index in [9.17, 15) is 4.79 Å². The Morgan fingerprint density at radius 3 is 2.50 bits per heavy atom. The molecule has 1 rings (SSSR count). The second-order valence-electron chi connectivity index (χ2n) is 2.68. The maximum atomic E-state index is 10.8. The van der Waals surface area contributed by atoms with Gasteiger partial charge in [-0.3, -0.25) is 0 Å². The summed E-state index contributed by atoms with van der Waals surface area (Å²) >= 11 is 0. The number of hydrogen-bond acceptors (Lipinski definition) is 5. The van der Waals surface area contributed by atoms with Crippen LogP contribution in [0, 0.1) is 0 Å². The van der Waals surface area contributed by atoms with Crippen LogP contribution in [-0.4, -0.2) is 27.4 Å². The largest absolute Gasteiger partial charge is 0.493 e. The van der Waals surface area contributed by atoms with Crippen LogP contribution in [-0.2, 0) is 4.74 Å². The van der Waals surface area contributed by atoms with Crippen LogP contribution in [0.5, 0.6) is 11.5 Å². The van der Waals surface area contributed by atoms with Gasteiger partial charge >= 0.3 is 6.09 Å². The van der Waals surface area contributed by atoms with Gasteiger partial charge in [-0.25, -0.2) is 4.79 Å². The van der Waals surface area contributed by atoms with Crippen molar-refractivity contribution in [2.24, 2.45) is 10.2 Å². The molecule has 0 aliphatic rings. The lowest BCUT2D eigenvalue weighted by atomic mass is 10.3. The lowest BCUT2D eigenvalue weighted by Crippen LogP contribution is -1.92. The van der Waals surface area contributed by atoms with Gasteiger partial charge in [0.15, 0.2) is 11.5 Å². The molecule has 86 valence electrons. The van der Waals surface area contributed by atoms with Gasteiger partial charge in [0.25, 0.3) is 0 Å². The Labute approximate surface area is 92.8 Å². The predicted octanol–water partition coefficient (Wildman–Crippen LogP) is 2.55. The Balaban J connectivity index is 3.04. The number of carbonyl (C=O) groups excluding carboxylic acids is 1. The fourth-order valence-electron chi connectivity index (χ4n) is 1.08. The zero-order valence-electron chi connectivity index (χ0n) is 9.26. The summed E-state index contributed by atoms with van der Waals surface area (Å²) in [6, 6.07) is 5.08. The van der Waals surface area contributed by atoms with E-state index in [-0.39, 0.29) is 0 Å². The number of methoxy groups -OCH3 is 3. The summed E-state index contributed by atoms with van der Waals surface area (Å²) in [6.07, 6.45) is -0.773. The highest BCUT2D eigenvalue weighted by Gasteiger charge is 2.09. The Morgan fingerprint density at radius 1 is 1.19 bits per heavy atom. The van der Waals surface area contributed by atoms with E-state index >= 15 is 0 Å². The van der Waals surface area contributed by atoms with E-state index in [4.69, 9.17) is 9.47 Å². The second kappa shape index (κ2) is 5.69. The van der Waals surface area contributed by atoms with Crippen LogP contribution < -0.4 is 9.47 Å². The van der Waals surface area contributed by atoms with E-state index in [0.717, 1.165) is 0 Å². The first-order valence-electron chi connectivity index (χ1n) is 4.43. The number of hydrogen-bond donors (Lipinski definition) is 0. The van der Waals surface area contributed by atoms with E-state index in [1.807, 2.05) is 0 Å². The standard InChI is InChI=1S/C10H12N2O4/c1-14-8-6-4-5-7(9(8)15-2)11-12-10(13)16-3/h4-6H,1-3H3. The van der Waals surface area contributed by atoms with Crippen molar-refractivity contribution in [1.29, 1.82) is 0 Å². The van der Waals surface area contributed by atoms with Gasteiger partial charge in [0.1, 0.15) is 5.69 Å². The van der Waals surface area contributed by atoms with Gasteiger partial charge in [-0.1, -0.05) is 11.2 Å². The lowest BCUT2D eigenvalue weighted by Gasteiger charge is -2.08. The van der Waals surface area contributed by atoms with E-state index in [1.165, 1.54) is 21.3 Å². The lowest BCUT2D eigenvalue weighted by molar-refractivity contribution is 0.181. The monoisotopic (exact) mass is 224 g/mol. The van der Waals surface area contributed by atoms with Gasteiger partial charge in [0.2, 0.25) is 0 Å². The zero-order valence-corrected chi connectivity index (χ0v) is 9.26. The number of ether oxygens (including phenoxy) is 3. The normalized spacial score (nSPS) is 10.2. The summed E-state index contributed by atoms with van der Waals surface area (Å²) in [4.78, 5) is 10.8. The molecule has 0 aliphatic heterocycles. The molecule has 1 amide bonds. The summed E-state index contributed by atoms with van der Waals surface area (Å²) in [5.41, 5.74) is 0.396. The number of nitrogens with zero attached hydrogens (tertiary/aromatic N) is 2. The zero-order chi connectivity index (χ0) is 12.0. The van der Waals surface area contributed by atoms with Crippen LogP contribution >= 0.6 is 0 Å². The SMILES string of the molecule is COC(=O)N=Nc1cccc(OC)c1OC. The molecule has 0 saturated heterocycles. The van der Waals surface area contributed by atoms with Crippen molar-refractivity contribution >= 4 is 11.8 Å². The van der Waals surface area contributed by atoms with Gasteiger partial charge in [0.05, 0.1) is 21.3 Å². The Hall–Kier alpha value is -2.11. The second-order valence-corrected chi connectivity index (χ2v) is 2.68. The van der Waals surface area contributed by atoms with Crippen LogP contribution in [0.3, 0.4) is 0 Å². The summed E-state index contributed by atoms with van der Waals surface area (Å²) in [5.74, 6) is 0.932. The number of azo groups is 1. The molecule has 0 saturated carbocycles. The van der Waals surface area contributed by atoms with Crippen molar-refractivity contribution in [3.8, 4) is 11.5 Å². The summed E-state index contributed by atoms with van der Waals surface area (Å²) in [7, 11) is 4.22. The number of rotatable bonds is 3.